The fourth-order valence-electron chi connectivity index (χ4n) is 2.04. The lowest BCUT2D eigenvalue weighted by Gasteiger charge is -2.20. The van der Waals surface area contributed by atoms with Gasteiger partial charge in [0.05, 0.1) is 0 Å². The van der Waals surface area contributed by atoms with Crippen molar-refractivity contribution in [1.29, 1.82) is 0 Å². The lowest BCUT2D eigenvalue weighted by molar-refractivity contribution is 0.172. The van der Waals surface area contributed by atoms with Gasteiger partial charge in [0.25, 0.3) is 0 Å². The van der Waals surface area contributed by atoms with E-state index in [1.165, 1.54) is 18.9 Å². The van der Waals surface area contributed by atoms with Crippen molar-refractivity contribution in [2.75, 3.05) is 6.54 Å². The Hall–Kier alpha value is -1.16. The Bertz CT molecular complexity index is 467. The van der Waals surface area contributed by atoms with E-state index in [-0.39, 0.29) is 5.60 Å². The molecular formula is C14H17F2NO. The molecule has 0 atom stereocenters. The minimum absolute atomic E-state index is 0.197. The average molecular weight is 253 g/mol. The third-order valence-corrected chi connectivity index (χ3v) is 3.64. The van der Waals surface area contributed by atoms with Gasteiger partial charge in [0.15, 0.2) is 11.6 Å². The molecule has 4 heteroatoms. The van der Waals surface area contributed by atoms with Gasteiger partial charge in [0.1, 0.15) is 11.4 Å². The van der Waals surface area contributed by atoms with Crippen molar-refractivity contribution < 1.29 is 13.5 Å². The largest absolute Gasteiger partial charge is 0.486 e. The SMILES string of the molecule is Cc1cc(F)c(F)cc1OC1(CNC2CC2)CC1. The first-order chi connectivity index (χ1) is 8.58. The van der Waals surface area contributed by atoms with Gasteiger partial charge >= 0.3 is 0 Å². The Labute approximate surface area is 105 Å². The third kappa shape index (κ3) is 2.48. The van der Waals surface area contributed by atoms with Gasteiger partial charge in [0.2, 0.25) is 0 Å². The first-order valence-electron chi connectivity index (χ1n) is 6.46. The summed E-state index contributed by atoms with van der Waals surface area (Å²) in [7, 11) is 0. The third-order valence-electron chi connectivity index (χ3n) is 3.64. The van der Waals surface area contributed by atoms with Gasteiger partial charge in [-0.15, -0.1) is 0 Å². The summed E-state index contributed by atoms with van der Waals surface area (Å²) in [4.78, 5) is 0. The number of hydrogen-bond donors (Lipinski definition) is 1. The van der Waals surface area contributed by atoms with Crippen molar-refractivity contribution in [3.8, 4) is 5.75 Å². The molecule has 0 aliphatic heterocycles. The molecule has 1 N–H and O–H groups in total. The number of rotatable bonds is 5. The summed E-state index contributed by atoms with van der Waals surface area (Å²) in [6, 6.07) is 2.98. The van der Waals surface area contributed by atoms with Crippen molar-refractivity contribution in [3.63, 3.8) is 0 Å². The second-order valence-corrected chi connectivity index (χ2v) is 5.47. The quantitative estimate of drug-likeness (QED) is 0.871. The van der Waals surface area contributed by atoms with Crippen LogP contribution in [0.15, 0.2) is 12.1 Å². The molecule has 18 heavy (non-hydrogen) atoms. The molecule has 0 bridgehead atoms. The molecule has 0 amide bonds. The Morgan fingerprint density at radius 3 is 2.56 bits per heavy atom. The molecule has 3 rings (SSSR count). The van der Waals surface area contributed by atoms with Gasteiger partial charge < -0.3 is 10.1 Å². The summed E-state index contributed by atoms with van der Waals surface area (Å²) in [5.74, 6) is -1.20. The Balaban J connectivity index is 1.69. The highest BCUT2D eigenvalue weighted by molar-refractivity contribution is 5.34. The van der Waals surface area contributed by atoms with E-state index in [0.717, 1.165) is 25.5 Å². The Morgan fingerprint density at radius 1 is 1.28 bits per heavy atom. The molecule has 0 spiro atoms. The highest BCUT2D eigenvalue weighted by Crippen LogP contribution is 2.41. The van der Waals surface area contributed by atoms with Crippen molar-refractivity contribution in [2.45, 2.75) is 44.2 Å². The number of nitrogens with one attached hydrogen (secondary N) is 1. The topological polar surface area (TPSA) is 21.3 Å². The summed E-state index contributed by atoms with van der Waals surface area (Å²) in [5, 5.41) is 3.43. The molecule has 2 fully saturated rings. The summed E-state index contributed by atoms with van der Waals surface area (Å²) in [5.41, 5.74) is 0.448. The van der Waals surface area contributed by atoms with Crippen LogP contribution in [0.3, 0.4) is 0 Å². The van der Waals surface area contributed by atoms with Gasteiger partial charge in [-0.1, -0.05) is 0 Å². The summed E-state index contributed by atoms with van der Waals surface area (Å²) in [6.07, 6.45) is 4.43. The standard InChI is InChI=1S/C14H17F2NO/c1-9-6-11(15)12(16)7-13(9)18-14(4-5-14)8-17-10-2-3-10/h6-7,10,17H,2-5,8H2,1H3. The molecule has 1 aromatic rings. The second kappa shape index (κ2) is 4.19. The average Bonchev–Trinajstić information content (AvgIpc) is 3.20. The predicted octanol–water partition coefficient (Wildman–Crippen LogP) is 2.94. The van der Waals surface area contributed by atoms with Crippen LogP contribution in [0.1, 0.15) is 31.2 Å². The lowest BCUT2D eigenvalue weighted by atomic mass is 10.2. The van der Waals surface area contributed by atoms with Crippen molar-refractivity contribution in [3.05, 3.63) is 29.3 Å². The fraction of sp³-hybridized carbons (Fsp3) is 0.571. The minimum Gasteiger partial charge on any atom is -0.486 e. The molecule has 1 aromatic carbocycles. The first-order valence-corrected chi connectivity index (χ1v) is 6.46. The van der Waals surface area contributed by atoms with Gasteiger partial charge in [0, 0.05) is 18.7 Å². The van der Waals surface area contributed by atoms with Crippen LogP contribution in [-0.4, -0.2) is 18.2 Å². The normalized spacial score (nSPS) is 20.8. The second-order valence-electron chi connectivity index (χ2n) is 5.47. The smallest absolute Gasteiger partial charge is 0.162 e. The van der Waals surface area contributed by atoms with Crippen LogP contribution in [0, 0.1) is 18.6 Å². The van der Waals surface area contributed by atoms with Gasteiger partial charge in [-0.2, -0.15) is 0 Å². The van der Waals surface area contributed by atoms with E-state index in [0.29, 0.717) is 17.4 Å². The summed E-state index contributed by atoms with van der Waals surface area (Å²) >= 11 is 0. The van der Waals surface area contributed by atoms with E-state index in [1.807, 2.05) is 0 Å². The number of aryl methyl sites for hydroxylation is 1. The zero-order valence-corrected chi connectivity index (χ0v) is 10.4. The molecule has 98 valence electrons. The van der Waals surface area contributed by atoms with E-state index in [9.17, 15) is 8.78 Å². The van der Waals surface area contributed by atoms with Crippen molar-refractivity contribution in [1.82, 2.24) is 5.32 Å². The van der Waals surface area contributed by atoms with Crippen molar-refractivity contribution >= 4 is 0 Å². The maximum absolute atomic E-state index is 13.2. The molecule has 0 unspecified atom stereocenters. The van der Waals surface area contributed by atoms with Crippen LogP contribution < -0.4 is 10.1 Å². The zero-order valence-electron chi connectivity index (χ0n) is 10.4. The van der Waals surface area contributed by atoms with Gasteiger partial charge in [-0.05, 0) is 44.2 Å². The molecule has 0 saturated heterocycles. The van der Waals surface area contributed by atoms with E-state index in [2.05, 4.69) is 5.32 Å². The number of halogens is 2. The molecular weight excluding hydrogens is 236 g/mol. The highest BCUT2D eigenvalue weighted by atomic mass is 19.2. The van der Waals surface area contributed by atoms with Crippen molar-refractivity contribution in [2.24, 2.45) is 0 Å². The maximum Gasteiger partial charge on any atom is 0.162 e. The van der Waals surface area contributed by atoms with Crippen LogP contribution in [0.4, 0.5) is 8.78 Å². The van der Waals surface area contributed by atoms with Gasteiger partial charge in [-0.25, -0.2) is 8.78 Å². The maximum atomic E-state index is 13.2. The molecule has 2 nitrogen and oxygen atoms in total. The summed E-state index contributed by atoms with van der Waals surface area (Å²) in [6.45, 7) is 2.54. The lowest BCUT2D eigenvalue weighted by Crippen LogP contribution is -2.34. The monoisotopic (exact) mass is 253 g/mol. The van der Waals surface area contributed by atoms with E-state index in [1.54, 1.807) is 6.92 Å². The summed E-state index contributed by atoms with van der Waals surface area (Å²) < 4.78 is 32.1. The van der Waals surface area contributed by atoms with E-state index < -0.39 is 11.6 Å². The number of benzene rings is 1. The number of ether oxygens (including phenoxy) is 1. The van der Waals surface area contributed by atoms with Crippen LogP contribution in [0.2, 0.25) is 0 Å². The highest BCUT2D eigenvalue weighted by Gasteiger charge is 2.46. The van der Waals surface area contributed by atoms with Crippen LogP contribution in [0.5, 0.6) is 5.75 Å². The molecule has 0 aromatic heterocycles. The van der Waals surface area contributed by atoms with Gasteiger partial charge in [-0.3, -0.25) is 0 Å². The van der Waals surface area contributed by atoms with Crippen LogP contribution >= 0.6 is 0 Å². The predicted molar refractivity (Wildman–Crippen MR) is 64.7 cm³/mol. The zero-order chi connectivity index (χ0) is 12.8. The molecule has 0 radical (unpaired) electrons. The van der Waals surface area contributed by atoms with Crippen LogP contribution in [0.25, 0.3) is 0 Å². The molecule has 2 aliphatic rings. The molecule has 2 saturated carbocycles. The minimum atomic E-state index is -0.846. The van der Waals surface area contributed by atoms with E-state index in [4.69, 9.17) is 4.74 Å². The molecule has 2 aliphatic carbocycles. The Kier molecular flexibility index (Phi) is 2.77. The number of hydrogen-bond acceptors (Lipinski definition) is 2. The first kappa shape index (κ1) is 11.9. The van der Waals surface area contributed by atoms with E-state index >= 15 is 0 Å². The fourth-order valence-corrected chi connectivity index (χ4v) is 2.04. The Morgan fingerprint density at radius 2 is 1.94 bits per heavy atom. The molecule has 0 heterocycles. The van der Waals surface area contributed by atoms with Crippen LogP contribution in [-0.2, 0) is 0 Å².